The molecule has 0 saturated heterocycles. The number of H-pyrrole nitrogens is 1. The smallest absolute Gasteiger partial charge is 0.216 e. The molecule has 9 heteroatoms. The summed E-state index contributed by atoms with van der Waals surface area (Å²) >= 11 is 14.4. The van der Waals surface area contributed by atoms with Crippen LogP contribution in [0.3, 0.4) is 0 Å². The van der Waals surface area contributed by atoms with Crippen molar-refractivity contribution in [1.82, 2.24) is 14.9 Å². The van der Waals surface area contributed by atoms with E-state index in [4.69, 9.17) is 33.0 Å². The maximum atomic E-state index is 6.09. The van der Waals surface area contributed by atoms with Gasteiger partial charge in [0.1, 0.15) is 30.2 Å². The van der Waals surface area contributed by atoms with Gasteiger partial charge in [0.25, 0.3) is 0 Å². The highest BCUT2D eigenvalue weighted by atomic mass is 79.9. The van der Waals surface area contributed by atoms with Crippen molar-refractivity contribution in [2.45, 2.75) is 6.61 Å². The van der Waals surface area contributed by atoms with Crippen LogP contribution < -0.4 is 4.74 Å². The fourth-order valence-corrected chi connectivity index (χ4v) is 2.60. The van der Waals surface area contributed by atoms with Gasteiger partial charge in [-0.15, -0.1) is 0 Å². The molecule has 0 aliphatic heterocycles. The highest BCUT2D eigenvalue weighted by molar-refractivity contribution is 9.10. The first-order valence-electron chi connectivity index (χ1n) is 6.45. The Hall–Kier alpha value is -1.90. The quantitative estimate of drug-likeness (QED) is 0.497. The van der Waals surface area contributed by atoms with Gasteiger partial charge >= 0.3 is 0 Å². The summed E-state index contributed by atoms with van der Waals surface area (Å²) < 4.78 is 14.0. The SMILES string of the molecule is S=c1[nH]ncn1/N=C/c1ccc(COc2ccc(Br)cc2Cl)o1. The molecule has 118 valence electrons. The molecule has 2 heterocycles. The summed E-state index contributed by atoms with van der Waals surface area (Å²) in [6.45, 7) is 0.264. The standard InChI is InChI=1S/C14H10BrClN4O2S/c15-9-1-4-13(12(16)5-9)21-7-11-3-2-10(22-11)6-18-20-8-17-19-14(20)23/h1-6,8H,7H2,(H,19,23)/b18-6+. The molecule has 0 saturated carbocycles. The Labute approximate surface area is 149 Å². The molecule has 0 radical (unpaired) electrons. The van der Waals surface area contributed by atoms with E-state index in [2.05, 4.69) is 31.2 Å². The highest BCUT2D eigenvalue weighted by Crippen LogP contribution is 2.28. The third-order valence-corrected chi connectivity index (χ3v) is 3.86. The molecular formula is C14H10BrClN4O2S. The van der Waals surface area contributed by atoms with Crippen molar-refractivity contribution in [3.05, 3.63) is 62.4 Å². The number of aromatic amines is 1. The highest BCUT2D eigenvalue weighted by Gasteiger charge is 2.05. The Kier molecular flexibility index (Phi) is 4.94. The lowest BCUT2D eigenvalue weighted by atomic mass is 10.3. The molecule has 0 unspecified atom stereocenters. The largest absolute Gasteiger partial charge is 0.484 e. The first-order chi connectivity index (χ1) is 11.1. The van der Waals surface area contributed by atoms with Crippen LogP contribution in [-0.4, -0.2) is 21.1 Å². The molecule has 1 N–H and O–H groups in total. The Balaban J connectivity index is 1.64. The number of aromatic nitrogens is 3. The number of benzene rings is 1. The zero-order valence-corrected chi connectivity index (χ0v) is 14.7. The number of nitrogens with one attached hydrogen (secondary N) is 1. The van der Waals surface area contributed by atoms with Crippen molar-refractivity contribution in [2.75, 3.05) is 0 Å². The number of ether oxygens (including phenoxy) is 1. The van der Waals surface area contributed by atoms with Crippen LogP contribution in [0.5, 0.6) is 5.75 Å². The number of furan rings is 1. The molecular weight excluding hydrogens is 404 g/mol. The Morgan fingerprint density at radius 1 is 1.43 bits per heavy atom. The van der Waals surface area contributed by atoms with Gasteiger partial charge in [-0.1, -0.05) is 27.5 Å². The van der Waals surface area contributed by atoms with Gasteiger partial charge in [0.15, 0.2) is 0 Å². The Morgan fingerprint density at radius 2 is 2.30 bits per heavy atom. The van der Waals surface area contributed by atoms with E-state index in [0.29, 0.717) is 27.1 Å². The Morgan fingerprint density at radius 3 is 3.04 bits per heavy atom. The molecule has 0 aliphatic rings. The fraction of sp³-hybridized carbons (Fsp3) is 0.0714. The summed E-state index contributed by atoms with van der Waals surface area (Å²) in [6, 6.07) is 9.01. The van der Waals surface area contributed by atoms with Crippen LogP contribution >= 0.6 is 39.7 Å². The number of hydrogen-bond donors (Lipinski definition) is 1. The molecule has 1 aromatic carbocycles. The van der Waals surface area contributed by atoms with E-state index >= 15 is 0 Å². The molecule has 3 aromatic rings. The lowest BCUT2D eigenvalue weighted by Gasteiger charge is -2.06. The van der Waals surface area contributed by atoms with Crippen molar-refractivity contribution < 1.29 is 9.15 Å². The van der Waals surface area contributed by atoms with Gasteiger partial charge in [0.05, 0.1) is 11.2 Å². The number of hydrogen-bond acceptors (Lipinski definition) is 5. The average Bonchev–Trinajstić information content (AvgIpc) is 3.13. The first kappa shape index (κ1) is 16.0. The van der Waals surface area contributed by atoms with Crippen LogP contribution in [0.4, 0.5) is 0 Å². The second kappa shape index (κ2) is 7.12. The van der Waals surface area contributed by atoms with Crippen LogP contribution in [0.1, 0.15) is 11.5 Å². The summed E-state index contributed by atoms with van der Waals surface area (Å²) in [6.07, 6.45) is 3.02. The van der Waals surface area contributed by atoms with E-state index < -0.39 is 0 Å². The van der Waals surface area contributed by atoms with E-state index in [-0.39, 0.29) is 6.61 Å². The molecule has 0 bridgehead atoms. The monoisotopic (exact) mass is 412 g/mol. The molecule has 3 rings (SSSR count). The van der Waals surface area contributed by atoms with Crippen molar-refractivity contribution >= 4 is 46.0 Å². The van der Waals surface area contributed by atoms with Crippen molar-refractivity contribution in [3.63, 3.8) is 0 Å². The lowest BCUT2D eigenvalue weighted by molar-refractivity contribution is 0.270. The van der Waals surface area contributed by atoms with E-state index in [0.717, 1.165) is 4.47 Å². The van der Waals surface area contributed by atoms with Crippen LogP contribution in [0, 0.1) is 4.77 Å². The summed E-state index contributed by atoms with van der Waals surface area (Å²) in [5.74, 6) is 1.82. The van der Waals surface area contributed by atoms with E-state index in [9.17, 15) is 0 Å². The van der Waals surface area contributed by atoms with Gasteiger partial charge in [-0.2, -0.15) is 14.9 Å². The van der Waals surface area contributed by atoms with Crippen molar-refractivity contribution in [1.29, 1.82) is 0 Å². The molecule has 0 atom stereocenters. The molecule has 0 amide bonds. The second-order valence-electron chi connectivity index (χ2n) is 4.42. The van der Waals surface area contributed by atoms with Crippen LogP contribution in [-0.2, 0) is 6.61 Å². The Bertz CT molecular complexity index is 902. The zero-order chi connectivity index (χ0) is 16.2. The van der Waals surface area contributed by atoms with Crippen LogP contribution in [0.15, 0.2) is 50.7 Å². The summed E-state index contributed by atoms with van der Waals surface area (Å²) in [7, 11) is 0. The van der Waals surface area contributed by atoms with Crippen LogP contribution in [0.2, 0.25) is 5.02 Å². The number of halogens is 2. The summed E-state index contributed by atoms with van der Waals surface area (Å²) in [5.41, 5.74) is 0. The normalized spacial score (nSPS) is 11.2. The maximum Gasteiger partial charge on any atom is 0.216 e. The number of nitrogens with zero attached hydrogens (tertiary/aromatic N) is 3. The van der Waals surface area contributed by atoms with Gasteiger partial charge in [0.2, 0.25) is 4.77 Å². The molecule has 0 spiro atoms. The molecule has 6 nitrogen and oxygen atoms in total. The van der Waals surface area contributed by atoms with Gasteiger partial charge in [-0.25, -0.2) is 0 Å². The van der Waals surface area contributed by atoms with Gasteiger partial charge in [-0.05, 0) is 42.5 Å². The lowest BCUT2D eigenvalue weighted by Crippen LogP contribution is -1.94. The summed E-state index contributed by atoms with van der Waals surface area (Å²) in [5, 5.41) is 11.0. The van der Waals surface area contributed by atoms with Gasteiger partial charge in [0, 0.05) is 4.47 Å². The second-order valence-corrected chi connectivity index (χ2v) is 6.13. The van der Waals surface area contributed by atoms with Gasteiger partial charge < -0.3 is 9.15 Å². The molecule has 2 aromatic heterocycles. The maximum absolute atomic E-state index is 6.09. The minimum atomic E-state index is 0.264. The zero-order valence-electron chi connectivity index (χ0n) is 11.6. The minimum absolute atomic E-state index is 0.264. The third kappa shape index (κ3) is 4.10. The topological polar surface area (TPSA) is 68.3 Å². The molecule has 0 aliphatic carbocycles. The molecule has 23 heavy (non-hydrogen) atoms. The van der Waals surface area contributed by atoms with E-state index in [1.165, 1.54) is 11.0 Å². The minimum Gasteiger partial charge on any atom is -0.484 e. The van der Waals surface area contributed by atoms with Crippen LogP contribution in [0.25, 0.3) is 0 Å². The number of rotatable bonds is 5. The third-order valence-electron chi connectivity index (χ3n) is 2.79. The predicted molar refractivity (Wildman–Crippen MR) is 92.6 cm³/mol. The molecule has 0 fully saturated rings. The van der Waals surface area contributed by atoms with Crippen molar-refractivity contribution in [3.8, 4) is 5.75 Å². The average molecular weight is 414 g/mol. The van der Waals surface area contributed by atoms with Gasteiger partial charge in [-0.3, -0.25) is 5.10 Å². The summed E-state index contributed by atoms with van der Waals surface area (Å²) in [4.78, 5) is 0. The van der Waals surface area contributed by atoms with Crippen molar-refractivity contribution in [2.24, 2.45) is 5.10 Å². The first-order valence-corrected chi connectivity index (χ1v) is 8.03. The fourth-order valence-electron chi connectivity index (χ4n) is 1.73. The predicted octanol–water partition coefficient (Wildman–Crippen LogP) is 4.41. The van der Waals surface area contributed by atoms with E-state index in [1.54, 1.807) is 24.4 Å². The van der Waals surface area contributed by atoms with E-state index in [1.807, 2.05) is 12.1 Å².